The number of methoxy groups -OCH3 is 2. The van der Waals surface area contributed by atoms with Gasteiger partial charge in [0, 0.05) is 0 Å². The molecular formula is C12H18N4O5. The van der Waals surface area contributed by atoms with Gasteiger partial charge in [0.25, 0.3) is 0 Å². The third-order valence-electron chi connectivity index (χ3n) is 2.50. The lowest BCUT2D eigenvalue weighted by atomic mass is 10.2. The Labute approximate surface area is 121 Å². The number of nitrogens with one attached hydrogen (secondary N) is 2. The third-order valence-corrected chi connectivity index (χ3v) is 2.50. The van der Waals surface area contributed by atoms with Crippen molar-refractivity contribution in [2.45, 2.75) is 25.8 Å². The van der Waals surface area contributed by atoms with Crippen molar-refractivity contribution in [1.82, 2.24) is 15.3 Å². The van der Waals surface area contributed by atoms with Crippen LogP contribution in [0.1, 0.15) is 19.8 Å². The zero-order valence-corrected chi connectivity index (χ0v) is 12.0. The fraction of sp³-hybridized carbons (Fsp3) is 0.500. The summed E-state index contributed by atoms with van der Waals surface area (Å²) in [4.78, 5) is 30.5. The molecule has 0 saturated heterocycles. The van der Waals surface area contributed by atoms with E-state index in [2.05, 4.69) is 20.6 Å². The molecule has 21 heavy (non-hydrogen) atoms. The van der Waals surface area contributed by atoms with Gasteiger partial charge in [0.1, 0.15) is 6.04 Å². The van der Waals surface area contributed by atoms with Crippen LogP contribution in [0.15, 0.2) is 6.07 Å². The monoisotopic (exact) mass is 298 g/mol. The van der Waals surface area contributed by atoms with Crippen molar-refractivity contribution < 1.29 is 24.2 Å². The number of aliphatic carboxylic acids is 1. The van der Waals surface area contributed by atoms with Gasteiger partial charge in [-0.25, -0.2) is 9.59 Å². The SMILES string of the molecule is CCCC(NC(=O)Nc1nc(OC)cc(OC)n1)C(=O)O. The summed E-state index contributed by atoms with van der Waals surface area (Å²) < 4.78 is 9.88. The van der Waals surface area contributed by atoms with E-state index >= 15 is 0 Å². The van der Waals surface area contributed by atoms with Gasteiger partial charge in [0.2, 0.25) is 17.7 Å². The predicted octanol–water partition coefficient (Wildman–Crippen LogP) is 0.869. The average Bonchev–Trinajstić information content (AvgIpc) is 2.46. The third kappa shape index (κ3) is 5.13. The molecule has 0 spiro atoms. The van der Waals surface area contributed by atoms with Gasteiger partial charge in [-0.15, -0.1) is 0 Å². The first-order valence-corrected chi connectivity index (χ1v) is 6.27. The average molecular weight is 298 g/mol. The van der Waals surface area contributed by atoms with Crippen LogP contribution < -0.4 is 20.1 Å². The topological polar surface area (TPSA) is 123 Å². The predicted molar refractivity (Wildman–Crippen MR) is 73.6 cm³/mol. The van der Waals surface area contributed by atoms with E-state index in [1.54, 1.807) is 0 Å². The van der Waals surface area contributed by atoms with E-state index in [-0.39, 0.29) is 17.7 Å². The summed E-state index contributed by atoms with van der Waals surface area (Å²) in [5.41, 5.74) is 0. The number of carboxylic acids is 1. The normalized spacial score (nSPS) is 11.4. The van der Waals surface area contributed by atoms with Gasteiger partial charge in [-0.3, -0.25) is 5.32 Å². The number of aromatic nitrogens is 2. The van der Waals surface area contributed by atoms with Crippen LogP contribution in [0.4, 0.5) is 10.7 Å². The quantitative estimate of drug-likeness (QED) is 0.682. The largest absolute Gasteiger partial charge is 0.481 e. The molecule has 1 unspecified atom stereocenters. The minimum atomic E-state index is -1.10. The van der Waals surface area contributed by atoms with E-state index in [9.17, 15) is 9.59 Å². The van der Waals surface area contributed by atoms with Gasteiger partial charge in [-0.1, -0.05) is 13.3 Å². The Kier molecular flexibility index (Phi) is 6.18. The molecule has 0 aliphatic carbocycles. The van der Waals surface area contributed by atoms with Crippen molar-refractivity contribution in [3.05, 3.63) is 6.07 Å². The molecule has 9 heteroatoms. The number of carboxylic acid groups (broad SMARTS) is 1. The zero-order chi connectivity index (χ0) is 15.8. The number of amides is 2. The summed E-state index contributed by atoms with van der Waals surface area (Å²) in [6.45, 7) is 1.82. The molecule has 116 valence electrons. The van der Waals surface area contributed by atoms with E-state index in [1.165, 1.54) is 20.3 Å². The highest BCUT2D eigenvalue weighted by Crippen LogP contribution is 2.17. The van der Waals surface area contributed by atoms with Crippen LogP contribution in [0.25, 0.3) is 0 Å². The minimum Gasteiger partial charge on any atom is -0.481 e. The van der Waals surface area contributed by atoms with E-state index in [0.717, 1.165) is 0 Å². The first-order chi connectivity index (χ1) is 9.99. The number of hydrogen-bond donors (Lipinski definition) is 3. The fourth-order valence-corrected chi connectivity index (χ4v) is 1.51. The first kappa shape index (κ1) is 16.5. The molecule has 0 aliphatic rings. The van der Waals surface area contributed by atoms with Gasteiger partial charge in [0.15, 0.2) is 0 Å². The molecule has 9 nitrogen and oxygen atoms in total. The molecule has 1 heterocycles. The molecule has 1 aromatic heterocycles. The molecule has 1 aromatic rings. The number of hydrogen-bond acceptors (Lipinski definition) is 6. The molecule has 3 N–H and O–H groups in total. The maximum Gasteiger partial charge on any atom is 0.326 e. The van der Waals surface area contributed by atoms with Crippen LogP contribution in [-0.2, 0) is 4.79 Å². The van der Waals surface area contributed by atoms with E-state index in [0.29, 0.717) is 12.8 Å². The summed E-state index contributed by atoms with van der Waals surface area (Å²) in [5, 5.41) is 13.6. The summed E-state index contributed by atoms with van der Waals surface area (Å²) in [7, 11) is 2.82. The summed E-state index contributed by atoms with van der Waals surface area (Å²) >= 11 is 0. The number of urea groups is 1. The Morgan fingerprint density at radius 2 is 1.86 bits per heavy atom. The second kappa shape index (κ2) is 7.88. The second-order valence-electron chi connectivity index (χ2n) is 4.05. The Bertz CT molecular complexity index is 486. The highest BCUT2D eigenvalue weighted by molar-refractivity contribution is 5.90. The Hall–Kier alpha value is -2.58. The van der Waals surface area contributed by atoms with E-state index in [4.69, 9.17) is 14.6 Å². The van der Waals surface area contributed by atoms with Crippen LogP contribution in [-0.4, -0.2) is 47.3 Å². The molecule has 0 aliphatic heterocycles. The summed E-state index contributed by atoms with van der Waals surface area (Å²) in [5.74, 6) is -0.735. The van der Waals surface area contributed by atoms with Crippen molar-refractivity contribution in [1.29, 1.82) is 0 Å². The standard InChI is InChI=1S/C12H18N4O5/c1-4-5-7(10(17)18)13-12(19)16-11-14-8(20-2)6-9(15-11)21-3/h6-7H,4-5H2,1-3H3,(H,17,18)(H2,13,14,15,16,19). The number of anilines is 1. The summed E-state index contributed by atoms with van der Waals surface area (Å²) in [6, 6.07) is -0.242. The van der Waals surface area contributed by atoms with Crippen LogP contribution in [0, 0.1) is 0 Å². The Morgan fingerprint density at radius 1 is 1.29 bits per heavy atom. The second-order valence-corrected chi connectivity index (χ2v) is 4.05. The van der Waals surface area contributed by atoms with Crippen molar-refractivity contribution in [2.24, 2.45) is 0 Å². The van der Waals surface area contributed by atoms with Crippen molar-refractivity contribution in [3.8, 4) is 11.8 Å². The van der Waals surface area contributed by atoms with Crippen molar-refractivity contribution in [3.63, 3.8) is 0 Å². The lowest BCUT2D eigenvalue weighted by Crippen LogP contribution is -2.43. The minimum absolute atomic E-state index is 0.0515. The molecule has 0 saturated carbocycles. The van der Waals surface area contributed by atoms with Gasteiger partial charge in [0.05, 0.1) is 20.3 Å². The Morgan fingerprint density at radius 3 is 2.29 bits per heavy atom. The number of nitrogens with zero attached hydrogens (tertiary/aromatic N) is 2. The van der Waals surface area contributed by atoms with Crippen LogP contribution >= 0.6 is 0 Å². The lowest BCUT2D eigenvalue weighted by Gasteiger charge is -2.14. The molecule has 1 rings (SSSR count). The molecule has 0 radical (unpaired) electrons. The Balaban J connectivity index is 2.75. The highest BCUT2D eigenvalue weighted by atomic mass is 16.5. The van der Waals surface area contributed by atoms with Crippen LogP contribution in [0.2, 0.25) is 0 Å². The van der Waals surface area contributed by atoms with E-state index < -0.39 is 18.0 Å². The van der Waals surface area contributed by atoms with Crippen LogP contribution in [0.5, 0.6) is 11.8 Å². The molecule has 0 fully saturated rings. The maximum atomic E-state index is 11.8. The smallest absolute Gasteiger partial charge is 0.326 e. The molecule has 2 amide bonds. The fourth-order valence-electron chi connectivity index (χ4n) is 1.51. The molecule has 1 atom stereocenters. The van der Waals surface area contributed by atoms with Crippen LogP contribution in [0.3, 0.4) is 0 Å². The number of carbonyl (C=O) groups excluding carboxylic acids is 1. The molecular weight excluding hydrogens is 280 g/mol. The van der Waals surface area contributed by atoms with Crippen molar-refractivity contribution in [2.75, 3.05) is 19.5 Å². The maximum absolute atomic E-state index is 11.8. The zero-order valence-electron chi connectivity index (χ0n) is 12.0. The van der Waals surface area contributed by atoms with Crippen molar-refractivity contribution >= 4 is 17.9 Å². The first-order valence-electron chi connectivity index (χ1n) is 6.27. The molecule has 0 aromatic carbocycles. The number of ether oxygens (including phenoxy) is 2. The summed E-state index contributed by atoms with van der Waals surface area (Å²) in [6.07, 6.45) is 0.950. The van der Waals surface area contributed by atoms with Gasteiger partial charge in [-0.2, -0.15) is 9.97 Å². The highest BCUT2D eigenvalue weighted by Gasteiger charge is 2.19. The van der Waals surface area contributed by atoms with Gasteiger partial charge in [-0.05, 0) is 6.42 Å². The van der Waals surface area contributed by atoms with E-state index in [1.807, 2.05) is 6.92 Å². The van der Waals surface area contributed by atoms with Gasteiger partial charge < -0.3 is 19.9 Å². The number of carbonyl (C=O) groups is 2. The van der Waals surface area contributed by atoms with Gasteiger partial charge >= 0.3 is 12.0 Å². The molecule has 0 bridgehead atoms. The lowest BCUT2D eigenvalue weighted by molar-refractivity contribution is -0.139. The number of rotatable bonds is 7.